The number of aryl methyl sites for hydroxylation is 1. The number of carbonyl (C=O) groups is 1. The monoisotopic (exact) mass is 422 g/mol. The zero-order chi connectivity index (χ0) is 20.4. The number of hydrogen-bond acceptors (Lipinski definition) is 3. The van der Waals surface area contributed by atoms with Gasteiger partial charge in [-0.3, -0.25) is 9.69 Å². The van der Waals surface area contributed by atoms with Crippen molar-refractivity contribution in [2.24, 2.45) is 0 Å². The number of halogens is 3. The summed E-state index contributed by atoms with van der Waals surface area (Å²) in [6, 6.07) is 7.87. The van der Waals surface area contributed by atoms with Crippen molar-refractivity contribution in [2.75, 3.05) is 19.6 Å². The van der Waals surface area contributed by atoms with E-state index in [-0.39, 0.29) is 5.91 Å². The van der Waals surface area contributed by atoms with E-state index in [1.54, 1.807) is 0 Å². The zero-order valence-electron chi connectivity index (χ0n) is 16.3. The Labute approximate surface area is 173 Å². The van der Waals surface area contributed by atoms with E-state index in [0.29, 0.717) is 18.9 Å². The number of likely N-dealkylation sites (tertiary alicyclic amines) is 1. The first-order valence-corrected chi connectivity index (χ1v) is 11.0. The number of rotatable bonds is 4. The standard InChI is InChI=1S/C22H25F3N2OS/c23-22(24,25)18-4-1-16(2-5-18)3-6-21(28)26-11-7-19(8-12-26)27-13-9-20-17(15-27)10-14-29-20/h1-2,4-5,10,14,19H,3,6-9,11-13,15H2. The van der Waals surface area contributed by atoms with Crippen molar-refractivity contribution in [2.45, 2.75) is 50.9 Å². The highest BCUT2D eigenvalue weighted by atomic mass is 32.1. The maximum Gasteiger partial charge on any atom is 0.416 e. The molecule has 0 unspecified atom stereocenters. The molecule has 0 spiro atoms. The second-order valence-corrected chi connectivity index (χ2v) is 8.90. The van der Waals surface area contributed by atoms with E-state index in [9.17, 15) is 18.0 Å². The van der Waals surface area contributed by atoms with Crippen LogP contribution in [0.1, 0.15) is 40.8 Å². The molecule has 0 saturated carbocycles. The van der Waals surface area contributed by atoms with Crippen molar-refractivity contribution in [3.8, 4) is 0 Å². The van der Waals surface area contributed by atoms with Gasteiger partial charge in [0, 0.05) is 43.5 Å². The molecule has 3 nitrogen and oxygen atoms in total. The Morgan fingerprint density at radius 3 is 2.48 bits per heavy atom. The van der Waals surface area contributed by atoms with Crippen LogP contribution in [0.15, 0.2) is 35.7 Å². The minimum absolute atomic E-state index is 0.0992. The van der Waals surface area contributed by atoms with Gasteiger partial charge in [-0.2, -0.15) is 13.2 Å². The first kappa shape index (κ1) is 20.4. The molecule has 0 radical (unpaired) electrons. The van der Waals surface area contributed by atoms with Crippen molar-refractivity contribution in [3.05, 3.63) is 57.3 Å². The van der Waals surface area contributed by atoms with Crippen LogP contribution in [-0.4, -0.2) is 41.4 Å². The second-order valence-electron chi connectivity index (χ2n) is 7.90. The lowest BCUT2D eigenvalue weighted by molar-refractivity contribution is -0.137. The fraction of sp³-hybridized carbons (Fsp3) is 0.500. The molecule has 1 saturated heterocycles. The fourth-order valence-corrected chi connectivity index (χ4v) is 5.22. The van der Waals surface area contributed by atoms with Crippen molar-refractivity contribution >= 4 is 17.2 Å². The summed E-state index contributed by atoms with van der Waals surface area (Å²) < 4.78 is 37.9. The molecule has 2 aromatic rings. The molecule has 29 heavy (non-hydrogen) atoms. The molecule has 0 atom stereocenters. The van der Waals surface area contributed by atoms with Crippen molar-refractivity contribution in [1.82, 2.24) is 9.80 Å². The van der Waals surface area contributed by atoms with Gasteiger partial charge in [0.1, 0.15) is 0 Å². The molecule has 7 heteroatoms. The summed E-state index contributed by atoms with van der Waals surface area (Å²) >= 11 is 1.85. The summed E-state index contributed by atoms with van der Waals surface area (Å²) in [5.41, 5.74) is 1.57. The third-order valence-electron chi connectivity index (χ3n) is 6.08. The molecule has 156 valence electrons. The minimum atomic E-state index is -4.32. The van der Waals surface area contributed by atoms with E-state index in [2.05, 4.69) is 16.3 Å². The Hall–Kier alpha value is -1.86. The Bertz CT molecular complexity index is 838. The molecule has 0 N–H and O–H groups in total. The number of nitrogens with zero attached hydrogens (tertiary/aromatic N) is 2. The first-order valence-electron chi connectivity index (χ1n) is 10.1. The number of thiophene rings is 1. The van der Waals surface area contributed by atoms with E-state index in [1.165, 1.54) is 22.6 Å². The predicted octanol–water partition coefficient (Wildman–Crippen LogP) is 4.75. The Morgan fingerprint density at radius 1 is 1.07 bits per heavy atom. The number of benzene rings is 1. The average Bonchev–Trinajstić information content (AvgIpc) is 3.19. The molecule has 1 amide bonds. The summed E-state index contributed by atoms with van der Waals surface area (Å²) in [5.74, 6) is 0.0992. The number of fused-ring (bicyclic) bond motifs is 1. The first-order chi connectivity index (χ1) is 13.9. The largest absolute Gasteiger partial charge is 0.416 e. The summed E-state index contributed by atoms with van der Waals surface area (Å²) in [7, 11) is 0. The van der Waals surface area contributed by atoms with Crippen LogP contribution >= 0.6 is 11.3 Å². The molecule has 3 heterocycles. The van der Waals surface area contributed by atoms with Crippen LogP contribution in [0, 0.1) is 0 Å². The quantitative estimate of drug-likeness (QED) is 0.710. The Morgan fingerprint density at radius 2 is 1.79 bits per heavy atom. The lowest BCUT2D eigenvalue weighted by Crippen LogP contribution is -2.47. The van der Waals surface area contributed by atoms with Gasteiger partial charge >= 0.3 is 6.18 Å². The van der Waals surface area contributed by atoms with Gasteiger partial charge in [-0.05, 0) is 60.4 Å². The van der Waals surface area contributed by atoms with Gasteiger partial charge in [0.25, 0.3) is 0 Å². The molecule has 0 bridgehead atoms. The molecule has 4 rings (SSSR count). The molecule has 2 aliphatic rings. The van der Waals surface area contributed by atoms with Crippen LogP contribution in [0.3, 0.4) is 0 Å². The SMILES string of the molecule is O=C(CCc1ccc(C(F)(F)F)cc1)N1CCC(N2CCc3sccc3C2)CC1. The molecular formula is C22H25F3N2OS. The third-order valence-corrected chi connectivity index (χ3v) is 7.10. The molecule has 1 aromatic heterocycles. The molecule has 1 aromatic carbocycles. The van der Waals surface area contributed by atoms with Crippen LogP contribution in [0.4, 0.5) is 13.2 Å². The van der Waals surface area contributed by atoms with Gasteiger partial charge in [-0.1, -0.05) is 12.1 Å². The number of hydrogen-bond donors (Lipinski definition) is 0. The van der Waals surface area contributed by atoms with Crippen LogP contribution in [0.25, 0.3) is 0 Å². The van der Waals surface area contributed by atoms with Crippen LogP contribution in [0.5, 0.6) is 0 Å². The molecular weight excluding hydrogens is 397 g/mol. The summed E-state index contributed by atoms with van der Waals surface area (Å²) in [5, 5.41) is 2.17. The average molecular weight is 423 g/mol. The second kappa shape index (κ2) is 8.48. The van der Waals surface area contributed by atoms with Crippen molar-refractivity contribution < 1.29 is 18.0 Å². The van der Waals surface area contributed by atoms with E-state index in [1.807, 2.05) is 16.2 Å². The fourth-order valence-electron chi connectivity index (χ4n) is 4.33. The van der Waals surface area contributed by atoms with Crippen LogP contribution in [0.2, 0.25) is 0 Å². The lowest BCUT2D eigenvalue weighted by Gasteiger charge is -2.40. The highest BCUT2D eigenvalue weighted by molar-refractivity contribution is 7.10. The molecule has 0 aliphatic carbocycles. The number of piperidine rings is 1. The van der Waals surface area contributed by atoms with Gasteiger partial charge in [-0.25, -0.2) is 0 Å². The highest BCUT2D eigenvalue weighted by Crippen LogP contribution is 2.30. The van der Waals surface area contributed by atoms with E-state index in [4.69, 9.17) is 0 Å². The highest BCUT2D eigenvalue weighted by Gasteiger charge is 2.30. The maximum absolute atomic E-state index is 12.6. The molecule has 1 fully saturated rings. The van der Waals surface area contributed by atoms with Crippen molar-refractivity contribution in [1.29, 1.82) is 0 Å². The number of carbonyl (C=O) groups excluding carboxylic acids is 1. The smallest absolute Gasteiger partial charge is 0.343 e. The third kappa shape index (κ3) is 4.83. The van der Waals surface area contributed by atoms with Gasteiger partial charge in [0.2, 0.25) is 5.91 Å². The Balaban J connectivity index is 1.23. The van der Waals surface area contributed by atoms with Crippen LogP contribution in [-0.2, 0) is 30.4 Å². The van der Waals surface area contributed by atoms with Gasteiger partial charge in [-0.15, -0.1) is 11.3 Å². The number of amides is 1. The number of alkyl halides is 3. The van der Waals surface area contributed by atoms with Crippen LogP contribution < -0.4 is 0 Å². The minimum Gasteiger partial charge on any atom is -0.343 e. The summed E-state index contributed by atoms with van der Waals surface area (Å²) in [6.07, 6.45) is -0.393. The van der Waals surface area contributed by atoms with Gasteiger partial charge in [0.05, 0.1) is 5.56 Å². The van der Waals surface area contributed by atoms with Gasteiger partial charge in [0.15, 0.2) is 0 Å². The van der Waals surface area contributed by atoms with Crippen molar-refractivity contribution in [3.63, 3.8) is 0 Å². The normalized spacial score (nSPS) is 18.7. The lowest BCUT2D eigenvalue weighted by atomic mass is 9.99. The van der Waals surface area contributed by atoms with E-state index < -0.39 is 11.7 Å². The Kier molecular flexibility index (Phi) is 5.97. The van der Waals surface area contributed by atoms with Gasteiger partial charge < -0.3 is 4.90 Å². The predicted molar refractivity (Wildman–Crippen MR) is 108 cm³/mol. The zero-order valence-corrected chi connectivity index (χ0v) is 17.1. The summed E-state index contributed by atoms with van der Waals surface area (Å²) in [6.45, 7) is 3.65. The van der Waals surface area contributed by atoms with E-state index >= 15 is 0 Å². The topological polar surface area (TPSA) is 23.6 Å². The van der Waals surface area contributed by atoms with E-state index in [0.717, 1.165) is 63.1 Å². The maximum atomic E-state index is 12.6. The molecule has 2 aliphatic heterocycles. The summed E-state index contributed by atoms with van der Waals surface area (Å²) in [4.78, 5) is 18.5.